The molecule has 0 bridgehead atoms. The molecule has 73 valence electrons. The zero-order valence-corrected chi connectivity index (χ0v) is 8.03. The molecule has 15 heavy (non-hydrogen) atoms. The van der Waals surface area contributed by atoms with E-state index in [2.05, 4.69) is 10.3 Å². The van der Waals surface area contributed by atoms with Crippen molar-refractivity contribution < 1.29 is 4.79 Å². The van der Waals surface area contributed by atoms with Gasteiger partial charge >= 0.3 is 0 Å². The van der Waals surface area contributed by atoms with Crippen LogP contribution in [0.5, 0.6) is 0 Å². The Balaban J connectivity index is 2.25. The molecule has 0 fully saturated rings. The van der Waals surface area contributed by atoms with Crippen molar-refractivity contribution in [3.05, 3.63) is 46.7 Å². The van der Waals surface area contributed by atoms with Gasteiger partial charge in [-0.1, -0.05) is 18.2 Å². The van der Waals surface area contributed by atoms with Crippen molar-refractivity contribution in [1.29, 1.82) is 0 Å². The van der Waals surface area contributed by atoms with Crippen LogP contribution < -0.4 is 15.9 Å². The summed E-state index contributed by atoms with van der Waals surface area (Å²) in [6.07, 6.45) is 4.46. The lowest BCUT2D eigenvalue weighted by atomic mass is 10.0. The van der Waals surface area contributed by atoms with Crippen molar-refractivity contribution in [2.45, 2.75) is 12.5 Å². The lowest BCUT2D eigenvalue weighted by Crippen LogP contribution is -2.32. The normalized spacial score (nSPS) is 22.0. The summed E-state index contributed by atoms with van der Waals surface area (Å²) in [5, 5.41) is 5.11. The lowest BCUT2D eigenvalue weighted by Gasteiger charge is -2.17. The Morgan fingerprint density at radius 3 is 3.13 bits per heavy atom. The summed E-state index contributed by atoms with van der Waals surface area (Å²) in [5.41, 5.74) is 2.10. The Kier molecular flexibility index (Phi) is 1.71. The van der Waals surface area contributed by atoms with E-state index >= 15 is 0 Å². The van der Waals surface area contributed by atoms with E-state index in [1.54, 1.807) is 6.20 Å². The molecule has 3 heteroatoms. The van der Waals surface area contributed by atoms with Gasteiger partial charge in [0.25, 0.3) is 0 Å². The lowest BCUT2D eigenvalue weighted by molar-refractivity contribution is 0.530. The predicted molar refractivity (Wildman–Crippen MR) is 55.9 cm³/mol. The minimum absolute atomic E-state index is 0.231. The van der Waals surface area contributed by atoms with Gasteiger partial charge in [-0.15, -0.1) is 0 Å². The van der Waals surface area contributed by atoms with E-state index in [1.807, 2.05) is 30.6 Å². The van der Waals surface area contributed by atoms with E-state index in [1.165, 1.54) is 0 Å². The van der Waals surface area contributed by atoms with Gasteiger partial charge in [-0.05, 0) is 11.6 Å². The number of para-hydroxylation sites is 1. The first-order valence-electron chi connectivity index (χ1n) is 4.90. The van der Waals surface area contributed by atoms with Crippen LogP contribution in [-0.4, -0.2) is 12.3 Å². The molecular weight excluding hydrogens is 188 g/mol. The second-order valence-corrected chi connectivity index (χ2v) is 3.68. The average Bonchev–Trinajstić information content (AvgIpc) is 2.66. The van der Waals surface area contributed by atoms with Gasteiger partial charge in [-0.25, -0.2) is 4.99 Å². The SMILES string of the molecule is O=[C]C1CC2=c3ccccc3=NC2=CN1. The average molecular weight is 197 g/mol. The third kappa shape index (κ3) is 1.20. The highest BCUT2D eigenvalue weighted by Crippen LogP contribution is 2.21. The molecule has 0 aromatic heterocycles. The highest BCUT2D eigenvalue weighted by molar-refractivity contribution is 5.73. The minimum Gasteiger partial charge on any atom is -0.379 e. The van der Waals surface area contributed by atoms with Crippen LogP contribution in [0.2, 0.25) is 0 Å². The molecule has 0 saturated heterocycles. The van der Waals surface area contributed by atoms with Crippen LogP contribution >= 0.6 is 0 Å². The number of allylic oxidation sites excluding steroid dienone is 1. The van der Waals surface area contributed by atoms with Gasteiger partial charge in [0, 0.05) is 17.8 Å². The summed E-state index contributed by atoms with van der Waals surface area (Å²) in [6, 6.07) is 7.76. The van der Waals surface area contributed by atoms with Gasteiger partial charge < -0.3 is 5.32 Å². The van der Waals surface area contributed by atoms with E-state index in [-0.39, 0.29) is 6.04 Å². The van der Waals surface area contributed by atoms with Gasteiger partial charge in [-0.2, -0.15) is 0 Å². The Bertz CT molecular complexity index is 572. The number of hydrogen-bond donors (Lipinski definition) is 1. The number of hydrogen-bond acceptors (Lipinski definition) is 3. The number of carbonyl (C=O) groups excluding carboxylic acids is 1. The molecule has 1 aromatic rings. The molecule has 2 aliphatic rings. The van der Waals surface area contributed by atoms with Crippen molar-refractivity contribution in [3.8, 4) is 0 Å². The molecule has 1 aromatic carbocycles. The Hall–Kier alpha value is -1.90. The molecule has 1 radical (unpaired) electrons. The van der Waals surface area contributed by atoms with E-state index in [4.69, 9.17) is 0 Å². The van der Waals surface area contributed by atoms with Gasteiger partial charge in [0.15, 0.2) is 0 Å². The molecule has 2 aliphatic heterocycles. The number of nitrogens with zero attached hydrogens (tertiary/aromatic N) is 1. The maximum absolute atomic E-state index is 10.6. The van der Waals surface area contributed by atoms with E-state index < -0.39 is 0 Å². The predicted octanol–water partition coefficient (Wildman–Crippen LogP) is -0.217. The quantitative estimate of drug-likeness (QED) is 0.676. The van der Waals surface area contributed by atoms with Crippen molar-refractivity contribution in [2.24, 2.45) is 4.99 Å². The summed E-state index contributed by atoms with van der Waals surface area (Å²) in [6.45, 7) is 0. The van der Waals surface area contributed by atoms with Crippen LogP contribution in [-0.2, 0) is 4.79 Å². The van der Waals surface area contributed by atoms with Gasteiger partial charge in [0.2, 0.25) is 6.29 Å². The molecule has 3 rings (SSSR count). The minimum atomic E-state index is -0.231. The molecule has 0 spiro atoms. The summed E-state index contributed by atoms with van der Waals surface area (Å²) >= 11 is 0. The van der Waals surface area contributed by atoms with Crippen molar-refractivity contribution in [3.63, 3.8) is 0 Å². The maximum Gasteiger partial charge on any atom is 0.223 e. The number of fused-ring (bicyclic) bond motifs is 2. The summed E-state index contributed by atoms with van der Waals surface area (Å²) in [7, 11) is 0. The summed E-state index contributed by atoms with van der Waals surface area (Å²) < 4.78 is 0. The highest BCUT2D eigenvalue weighted by Gasteiger charge is 2.21. The zero-order valence-electron chi connectivity index (χ0n) is 8.03. The second kappa shape index (κ2) is 3.05. The first-order chi connectivity index (χ1) is 7.38. The van der Waals surface area contributed by atoms with Crippen LogP contribution in [0.25, 0.3) is 5.57 Å². The van der Waals surface area contributed by atoms with Crippen LogP contribution in [0.1, 0.15) is 6.42 Å². The first-order valence-corrected chi connectivity index (χ1v) is 4.90. The van der Waals surface area contributed by atoms with Gasteiger partial charge in [-0.3, -0.25) is 4.79 Å². The Labute approximate surface area is 86.8 Å². The largest absolute Gasteiger partial charge is 0.379 e. The topological polar surface area (TPSA) is 41.5 Å². The van der Waals surface area contributed by atoms with Gasteiger partial charge in [0.05, 0.1) is 17.1 Å². The molecule has 0 saturated carbocycles. The van der Waals surface area contributed by atoms with Gasteiger partial charge in [0.1, 0.15) is 0 Å². The fraction of sp³-hybridized carbons (Fsp3) is 0.167. The monoisotopic (exact) mass is 197 g/mol. The van der Waals surface area contributed by atoms with E-state index in [0.29, 0.717) is 6.42 Å². The molecular formula is C12H9N2O. The first kappa shape index (κ1) is 8.41. The summed E-state index contributed by atoms with van der Waals surface area (Å²) in [4.78, 5) is 15.1. The maximum atomic E-state index is 10.6. The Morgan fingerprint density at radius 2 is 2.27 bits per heavy atom. The third-order valence-corrected chi connectivity index (χ3v) is 2.75. The molecule has 2 heterocycles. The fourth-order valence-corrected chi connectivity index (χ4v) is 2.01. The van der Waals surface area contributed by atoms with Crippen molar-refractivity contribution >= 4 is 11.9 Å². The highest BCUT2D eigenvalue weighted by atomic mass is 16.1. The van der Waals surface area contributed by atoms with E-state index in [0.717, 1.165) is 21.8 Å². The molecule has 0 aliphatic carbocycles. The molecule has 1 N–H and O–H groups in total. The smallest absolute Gasteiger partial charge is 0.223 e. The van der Waals surface area contributed by atoms with E-state index in [9.17, 15) is 4.79 Å². The fourth-order valence-electron chi connectivity index (χ4n) is 2.01. The second-order valence-electron chi connectivity index (χ2n) is 3.68. The number of nitrogens with one attached hydrogen (secondary N) is 1. The van der Waals surface area contributed by atoms with Crippen molar-refractivity contribution in [2.75, 3.05) is 0 Å². The Morgan fingerprint density at radius 1 is 1.40 bits per heavy atom. The van der Waals surface area contributed by atoms with Crippen LogP contribution in [0.15, 0.2) is 41.2 Å². The number of rotatable bonds is 1. The van der Waals surface area contributed by atoms with Crippen LogP contribution in [0, 0.1) is 0 Å². The molecule has 0 amide bonds. The number of benzene rings is 1. The summed E-state index contributed by atoms with van der Waals surface area (Å²) in [5.74, 6) is 0. The molecule has 3 nitrogen and oxygen atoms in total. The zero-order chi connectivity index (χ0) is 10.3. The van der Waals surface area contributed by atoms with Crippen molar-refractivity contribution in [1.82, 2.24) is 5.32 Å². The molecule has 1 atom stereocenters. The van der Waals surface area contributed by atoms with Crippen LogP contribution in [0.4, 0.5) is 0 Å². The van der Waals surface area contributed by atoms with Crippen LogP contribution in [0.3, 0.4) is 0 Å². The standard InChI is InChI=1S/C12H9N2O/c15-7-8-5-10-9-3-1-2-4-11(9)14-12(10)6-13-8/h1-4,6,8,13H,5H2. The third-order valence-electron chi connectivity index (χ3n) is 2.75. The molecule has 1 unspecified atom stereocenters.